The molecule has 0 spiro atoms. The topological polar surface area (TPSA) is 125 Å². The van der Waals surface area contributed by atoms with E-state index in [2.05, 4.69) is 20.6 Å². The summed E-state index contributed by atoms with van der Waals surface area (Å²) in [4.78, 5) is 67.2. The molecule has 7 rings (SSSR count). The molecule has 0 aliphatic heterocycles. The smallest absolute Gasteiger partial charge is 0.253 e. The third kappa shape index (κ3) is 9.46. The molecule has 0 unspecified atom stereocenters. The van der Waals surface area contributed by atoms with Crippen LogP contribution in [0.4, 0.5) is 28.9 Å². The van der Waals surface area contributed by atoms with E-state index in [1.807, 2.05) is 0 Å². The fourth-order valence-corrected chi connectivity index (χ4v) is 8.29. The van der Waals surface area contributed by atoms with Gasteiger partial charge in [0.2, 0.25) is 11.8 Å². The maximum atomic E-state index is 14.3. The van der Waals surface area contributed by atoms with Crippen LogP contribution in [0.2, 0.25) is 5.02 Å². The van der Waals surface area contributed by atoms with Gasteiger partial charge in [0.25, 0.3) is 11.8 Å². The van der Waals surface area contributed by atoms with Gasteiger partial charge in [-0.25, -0.2) is 27.5 Å². The van der Waals surface area contributed by atoms with Crippen molar-refractivity contribution in [2.24, 2.45) is 0 Å². The van der Waals surface area contributed by atoms with Crippen LogP contribution in [0.5, 0.6) is 0 Å². The van der Waals surface area contributed by atoms with E-state index in [0.717, 1.165) is 39.7 Å². The van der Waals surface area contributed by atoms with Crippen LogP contribution in [0, 0.1) is 23.3 Å². The minimum absolute atomic E-state index is 0.00276. The number of hydrogen-bond donors (Lipinski definition) is 2. The van der Waals surface area contributed by atoms with Crippen molar-refractivity contribution in [2.75, 3.05) is 23.9 Å². The second kappa shape index (κ2) is 17.9. The molecule has 60 heavy (non-hydrogen) atoms. The average Bonchev–Trinajstić information content (AvgIpc) is 3.89. The van der Waals surface area contributed by atoms with Crippen molar-refractivity contribution >= 4 is 89.7 Å². The summed E-state index contributed by atoms with van der Waals surface area (Å²) < 4.78 is 58.5. The number of halogens is 5. The Balaban J connectivity index is 1.14. The predicted octanol–water partition coefficient (Wildman–Crippen LogP) is 8.51. The lowest BCUT2D eigenvalue weighted by molar-refractivity contribution is -0.120. The second-order valence-corrected chi connectivity index (χ2v) is 16.0. The van der Waals surface area contributed by atoms with E-state index in [1.54, 1.807) is 47.4 Å². The van der Waals surface area contributed by atoms with E-state index >= 15 is 0 Å². The molecule has 17 heteroatoms. The Bertz CT molecular complexity index is 2740. The van der Waals surface area contributed by atoms with Crippen molar-refractivity contribution < 1.29 is 36.7 Å². The molecule has 0 saturated carbocycles. The molecule has 306 valence electrons. The lowest BCUT2D eigenvalue weighted by atomic mass is 10.0. The van der Waals surface area contributed by atoms with Gasteiger partial charge in [0.1, 0.15) is 35.4 Å². The van der Waals surface area contributed by atoms with Gasteiger partial charge in [0.15, 0.2) is 0 Å². The number of aryl methyl sites for hydroxylation is 1. The van der Waals surface area contributed by atoms with Gasteiger partial charge in [0, 0.05) is 44.0 Å². The molecule has 0 radical (unpaired) electrons. The van der Waals surface area contributed by atoms with Gasteiger partial charge in [-0.05, 0) is 96.8 Å². The number of fused-ring (bicyclic) bond motifs is 2. The standard InChI is InChI=1S/C43H33ClF4N6O4S2/c1-53(29-7-10-37-34(19-29)49-21-59-37)42(57)33(9-6-23-12-25(45)17-26(46)13-23)51-40(55)31-4-3-5-32(39(31)44)41(56)52-36(16-24-14-27(47)18-28(48)15-24)43(58)54(2)30-8-11-38-35(20-30)50-22-60-38/h3-5,7-8,10-15,17-22,33,36H,6,9,16H2,1-2H3,(H,51,55)(H,52,56)/t33-,36-/m0/s1. The van der Waals surface area contributed by atoms with Gasteiger partial charge in [-0.1, -0.05) is 17.7 Å². The van der Waals surface area contributed by atoms with Gasteiger partial charge in [0.05, 0.1) is 47.6 Å². The first-order valence-corrected chi connectivity index (χ1v) is 20.4. The number of benzene rings is 5. The number of nitrogens with one attached hydrogen (secondary N) is 2. The molecule has 0 bridgehead atoms. The second-order valence-electron chi connectivity index (χ2n) is 13.8. The van der Waals surface area contributed by atoms with Crippen molar-refractivity contribution in [3.05, 3.63) is 153 Å². The number of likely N-dealkylation sites (N-methyl/N-ethyl adjacent to an activating group) is 2. The van der Waals surface area contributed by atoms with E-state index in [4.69, 9.17) is 11.6 Å². The molecular weight excluding hydrogens is 840 g/mol. The summed E-state index contributed by atoms with van der Waals surface area (Å²) in [6, 6.07) is 17.6. The zero-order valence-electron chi connectivity index (χ0n) is 31.7. The molecule has 0 saturated heterocycles. The Morgan fingerprint density at radius 3 is 1.58 bits per heavy atom. The van der Waals surface area contributed by atoms with Crippen LogP contribution in [0.25, 0.3) is 20.4 Å². The molecule has 2 atom stereocenters. The van der Waals surface area contributed by atoms with Crippen LogP contribution in [0.15, 0.2) is 102 Å². The molecule has 10 nitrogen and oxygen atoms in total. The van der Waals surface area contributed by atoms with Crippen molar-refractivity contribution in [1.29, 1.82) is 0 Å². The predicted molar refractivity (Wildman–Crippen MR) is 225 cm³/mol. The summed E-state index contributed by atoms with van der Waals surface area (Å²) in [5.41, 5.74) is 5.47. The molecule has 2 heterocycles. The summed E-state index contributed by atoms with van der Waals surface area (Å²) in [6.07, 6.45) is -0.401. The third-order valence-electron chi connectivity index (χ3n) is 9.76. The number of amides is 4. The fraction of sp³-hybridized carbons (Fsp3) is 0.163. The zero-order valence-corrected chi connectivity index (χ0v) is 34.1. The molecule has 7 aromatic rings. The Morgan fingerprint density at radius 1 is 0.633 bits per heavy atom. The van der Waals surface area contributed by atoms with E-state index in [-0.39, 0.29) is 46.5 Å². The van der Waals surface area contributed by atoms with Crippen LogP contribution in [-0.2, 0) is 22.4 Å². The van der Waals surface area contributed by atoms with Crippen LogP contribution in [0.1, 0.15) is 38.3 Å². The molecule has 5 aromatic carbocycles. The first-order chi connectivity index (χ1) is 28.7. The highest BCUT2D eigenvalue weighted by molar-refractivity contribution is 7.17. The van der Waals surface area contributed by atoms with E-state index in [0.29, 0.717) is 28.5 Å². The number of rotatable bonds is 13. The highest BCUT2D eigenvalue weighted by Crippen LogP contribution is 2.27. The number of carbonyl (C=O) groups excluding carboxylic acids is 4. The summed E-state index contributed by atoms with van der Waals surface area (Å²) in [5, 5.41) is 4.99. The van der Waals surface area contributed by atoms with E-state index in [1.165, 1.54) is 64.8 Å². The monoisotopic (exact) mass is 872 g/mol. The summed E-state index contributed by atoms with van der Waals surface area (Å²) in [6.45, 7) is 0. The molecule has 2 N–H and O–H groups in total. The van der Waals surface area contributed by atoms with Crippen molar-refractivity contribution in [3.63, 3.8) is 0 Å². The minimum atomic E-state index is -1.38. The van der Waals surface area contributed by atoms with Gasteiger partial charge in [-0.3, -0.25) is 19.2 Å². The number of aromatic nitrogens is 2. The lowest BCUT2D eigenvalue weighted by Crippen LogP contribution is -2.49. The number of anilines is 2. The summed E-state index contributed by atoms with van der Waals surface area (Å²) >= 11 is 9.57. The Hall–Kier alpha value is -6.23. The van der Waals surface area contributed by atoms with E-state index < -0.39 is 59.0 Å². The maximum absolute atomic E-state index is 14.3. The van der Waals surface area contributed by atoms with Gasteiger partial charge >= 0.3 is 0 Å². The fourth-order valence-electron chi connectivity index (χ4n) is 6.67. The first-order valence-electron chi connectivity index (χ1n) is 18.3. The molecule has 0 aliphatic rings. The summed E-state index contributed by atoms with van der Waals surface area (Å²) in [5.74, 6) is -6.28. The highest BCUT2D eigenvalue weighted by Gasteiger charge is 2.30. The molecule has 0 fully saturated rings. The Kier molecular flexibility index (Phi) is 12.5. The van der Waals surface area contributed by atoms with Crippen LogP contribution in [0.3, 0.4) is 0 Å². The SMILES string of the molecule is CN(C(=O)[C@H](CCc1cc(F)cc(F)c1)NC(=O)c1cccc(C(=O)N[C@@H](Cc2cc(F)cc(F)c2)C(=O)N(C)c2ccc3scnc3c2)c1Cl)c1ccc2scnc2c1. The van der Waals surface area contributed by atoms with Crippen LogP contribution < -0.4 is 20.4 Å². The average molecular weight is 873 g/mol. The summed E-state index contributed by atoms with van der Waals surface area (Å²) in [7, 11) is 3.00. The third-order valence-corrected chi connectivity index (χ3v) is 11.8. The molecule has 0 aliphatic carbocycles. The zero-order chi connectivity index (χ0) is 42.7. The van der Waals surface area contributed by atoms with Gasteiger partial charge in [-0.15, -0.1) is 22.7 Å². The normalized spacial score (nSPS) is 12.2. The first kappa shape index (κ1) is 41.9. The minimum Gasteiger partial charge on any atom is -0.340 e. The Morgan fingerprint density at radius 2 is 1.08 bits per heavy atom. The highest BCUT2D eigenvalue weighted by atomic mass is 35.5. The van der Waals surface area contributed by atoms with Gasteiger partial charge in [-0.2, -0.15) is 0 Å². The number of hydrogen-bond acceptors (Lipinski definition) is 8. The van der Waals surface area contributed by atoms with Crippen molar-refractivity contribution in [1.82, 2.24) is 20.6 Å². The maximum Gasteiger partial charge on any atom is 0.253 e. The largest absolute Gasteiger partial charge is 0.340 e. The molecule has 4 amide bonds. The van der Waals surface area contributed by atoms with Crippen LogP contribution >= 0.6 is 34.3 Å². The lowest BCUT2D eigenvalue weighted by Gasteiger charge is -2.26. The van der Waals surface area contributed by atoms with Crippen molar-refractivity contribution in [3.8, 4) is 0 Å². The quantitative estimate of drug-likeness (QED) is 0.112. The van der Waals surface area contributed by atoms with Crippen LogP contribution in [-0.4, -0.2) is 59.8 Å². The number of thiazole rings is 2. The van der Waals surface area contributed by atoms with E-state index in [9.17, 15) is 36.7 Å². The Labute approximate surface area is 353 Å². The molecule has 2 aromatic heterocycles. The number of nitrogens with zero attached hydrogens (tertiary/aromatic N) is 4. The van der Waals surface area contributed by atoms with Crippen molar-refractivity contribution in [2.45, 2.75) is 31.3 Å². The molecular formula is C43H33ClF4N6O4S2. The number of carbonyl (C=O) groups is 4. The van der Waals surface area contributed by atoms with Gasteiger partial charge < -0.3 is 20.4 Å².